The maximum Gasteiger partial charge on any atom is 0.137 e. The Bertz CT molecular complexity index is 2610. The molecule has 3 nitrogen and oxygen atoms in total. The molecule has 0 amide bonds. The fraction of sp³-hybridized carbons (Fsp3) is 0. The summed E-state index contributed by atoms with van der Waals surface area (Å²) in [6, 6.07) is 57.4. The lowest BCUT2D eigenvalue weighted by atomic mass is 9.94. The average molecular weight is 587 g/mol. The van der Waals surface area contributed by atoms with E-state index in [4.69, 9.17) is 4.42 Å². The molecule has 3 heteroatoms. The molecule has 46 heavy (non-hydrogen) atoms. The minimum Gasteiger partial charge on any atom is -0.456 e. The summed E-state index contributed by atoms with van der Waals surface area (Å²) >= 11 is 0. The molecule has 0 radical (unpaired) electrons. The van der Waals surface area contributed by atoms with Gasteiger partial charge in [-0.05, 0) is 98.0 Å². The van der Waals surface area contributed by atoms with Crippen molar-refractivity contribution in [3.8, 4) is 17.2 Å². The maximum absolute atomic E-state index is 9.25. The lowest BCUT2D eigenvalue weighted by Gasteiger charge is -2.27. The molecule has 0 spiro atoms. The summed E-state index contributed by atoms with van der Waals surface area (Å²) in [4.78, 5) is 2.34. The number of hydrogen-bond donors (Lipinski definition) is 0. The third-order valence-electron chi connectivity index (χ3n) is 9.08. The molecule has 8 aromatic carbocycles. The largest absolute Gasteiger partial charge is 0.456 e. The second-order valence-electron chi connectivity index (χ2n) is 11.6. The zero-order valence-electron chi connectivity index (χ0n) is 24.8. The standard InChI is InChI=1S/C43H26N2O/c44-27-28-16-18-29(19-17-28)30-20-22-31(23-21-30)45(40-13-7-15-42-43(40)38-12-5-6-14-41(38)46-42)32-24-25-37-35-10-2-1-8-33(35)34-9-3-4-11-36(34)39(37)26-32/h1-26H. The summed E-state index contributed by atoms with van der Waals surface area (Å²) in [5, 5.41) is 18.9. The van der Waals surface area contributed by atoms with E-state index in [1.54, 1.807) is 0 Å². The lowest BCUT2D eigenvalue weighted by Crippen LogP contribution is -2.10. The van der Waals surface area contributed by atoms with Crippen LogP contribution in [0.1, 0.15) is 5.56 Å². The van der Waals surface area contributed by atoms with Crippen molar-refractivity contribution < 1.29 is 4.42 Å². The number of benzene rings is 8. The molecule has 9 rings (SSSR count). The van der Waals surface area contributed by atoms with Crippen LogP contribution >= 0.6 is 0 Å². The highest BCUT2D eigenvalue weighted by Gasteiger charge is 2.20. The van der Waals surface area contributed by atoms with Gasteiger partial charge < -0.3 is 9.32 Å². The summed E-state index contributed by atoms with van der Waals surface area (Å²) in [5.41, 5.74) is 7.71. The Labute approximate surface area is 265 Å². The third-order valence-corrected chi connectivity index (χ3v) is 9.08. The van der Waals surface area contributed by atoms with Crippen LogP contribution in [-0.4, -0.2) is 0 Å². The molecule has 0 aliphatic rings. The van der Waals surface area contributed by atoms with Crippen molar-refractivity contribution in [2.75, 3.05) is 4.90 Å². The number of nitriles is 1. The molecule has 0 unspecified atom stereocenters. The summed E-state index contributed by atoms with van der Waals surface area (Å²) in [6.45, 7) is 0. The van der Waals surface area contributed by atoms with Crippen molar-refractivity contribution in [2.45, 2.75) is 0 Å². The van der Waals surface area contributed by atoms with Gasteiger partial charge in [0.1, 0.15) is 11.2 Å². The Morgan fingerprint density at radius 1 is 0.435 bits per heavy atom. The van der Waals surface area contributed by atoms with Gasteiger partial charge in [-0.2, -0.15) is 5.26 Å². The van der Waals surface area contributed by atoms with Crippen LogP contribution in [0.15, 0.2) is 162 Å². The average Bonchev–Trinajstić information content (AvgIpc) is 3.52. The van der Waals surface area contributed by atoms with Gasteiger partial charge >= 0.3 is 0 Å². The predicted octanol–water partition coefficient (Wildman–Crippen LogP) is 12.1. The molecule has 9 aromatic rings. The van der Waals surface area contributed by atoms with Crippen molar-refractivity contribution in [3.05, 3.63) is 163 Å². The molecule has 0 aliphatic heterocycles. The summed E-state index contributed by atoms with van der Waals surface area (Å²) in [6.07, 6.45) is 0. The smallest absolute Gasteiger partial charge is 0.137 e. The molecule has 1 aromatic heterocycles. The van der Waals surface area contributed by atoms with E-state index in [2.05, 4.69) is 126 Å². The first-order valence-electron chi connectivity index (χ1n) is 15.4. The second kappa shape index (κ2) is 10.4. The predicted molar refractivity (Wildman–Crippen MR) is 191 cm³/mol. The fourth-order valence-electron chi connectivity index (χ4n) is 6.94. The first-order chi connectivity index (χ1) is 22.8. The molecule has 0 saturated heterocycles. The van der Waals surface area contributed by atoms with Gasteiger partial charge in [-0.15, -0.1) is 0 Å². The number of para-hydroxylation sites is 1. The quantitative estimate of drug-likeness (QED) is 0.193. The van der Waals surface area contributed by atoms with Crippen LogP contribution in [0, 0.1) is 11.3 Å². The molecule has 0 fully saturated rings. The van der Waals surface area contributed by atoms with Crippen LogP contribution in [0.25, 0.3) is 65.4 Å². The number of fused-ring (bicyclic) bond motifs is 9. The van der Waals surface area contributed by atoms with Crippen molar-refractivity contribution >= 4 is 71.3 Å². The monoisotopic (exact) mass is 586 g/mol. The van der Waals surface area contributed by atoms with Crippen LogP contribution in [-0.2, 0) is 0 Å². The normalized spacial score (nSPS) is 11.5. The fourth-order valence-corrected chi connectivity index (χ4v) is 6.94. The zero-order chi connectivity index (χ0) is 30.6. The first kappa shape index (κ1) is 26.1. The molecular formula is C43H26N2O. The molecule has 0 saturated carbocycles. The second-order valence-corrected chi connectivity index (χ2v) is 11.6. The molecule has 0 atom stereocenters. The number of anilines is 3. The van der Waals surface area contributed by atoms with Crippen LogP contribution in [0.3, 0.4) is 0 Å². The minimum absolute atomic E-state index is 0.656. The van der Waals surface area contributed by atoms with Crippen molar-refractivity contribution in [3.63, 3.8) is 0 Å². The van der Waals surface area contributed by atoms with Gasteiger partial charge in [0, 0.05) is 16.8 Å². The van der Waals surface area contributed by atoms with E-state index in [1.807, 2.05) is 42.5 Å². The van der Waals surface area contributed by atoms with Gasteiger partial charge in [-0.3, -0.25) is 0 Å². The summed E-state index contributed by atoms with van der Waals surface area (Å²) in [7, 11) is 0. The first-order valence-corrected chi connectivity index (χ1v) is 15.4. The van der Waals surface area contributed by atoms with Crippen molar-refractivity contribution in [2.24, 2.45) is 0 Å². The highest BCUT2D eigenvalue weighted by molar-refractivity contribution is 6.26. The van der Waals surface area contributed by atoms with Gasteiger partial charge in [0.05, 0.1) is 22.7 Å². The van der Waals surface area contributed by atoms with Gasteiger partial charge in [0.25, 0.3) is 0 Å². The Kier molecular flexibility index (Phi) is 5.88. The summed E-state index contributed by atoms with van der Waals surface area (Å²) < 4.78 is 6.34. The van der Waals surface area contributed by atoms with E-state index in [1.165, 1.54) is 32.3 Å². The van der Waals surface area contributed by atoms with Crippen molar-refractivity contribution in [1.29, 1.82) is 5.26 Å². The SMILES string of the molecule is N#Cc1ccc(-c2ccc(N(c3ccc4c5ccccc5c5ccccc5c4c3)c3cccc4oc5ccccc5c34)cc2)cc1. The highest BCUT2D eigenvalue weighted by Crippen LogP contribution is 2.45. The molecule has 1 heterocycles. The third kappa shape index (κ3) is 4.05. The van der Waals surface area contributed by atoms with Crippen LogP contribution in [0.5, 0.6) is 0 Å². The lowest BCUT2D eigenvalue weighted by molar-refractivity contribution is 0.669. The molecule has 0 bridgehead atoms. The van der Waals surface area contributed by atoms with Gasteiger partial charge in [0.15, 0.2) is 0 Å². The molecule has 0 aliphatic carbocycles. The Morgan fingerprint density at radius 2 is 0.957 bits per heavy atom. The van der Waals surface area contributed by atoms with Gasteiger partial charge in [-0.1, -0.05) is 103 Å². The number of furan rings is 1. The van der Waals surface area contributed by atoms with Crippen LogP contribution in [0.4, 0.5) is 17.1 Å². The Balaban J connectivity index is 1.30. The van der Waals surface area contributed by atoms with Crippen molar-refractivity contribution in [1.82, 2.24) is 0 Å². The van der Waals surface area contributed by atoms with Crippen LogP contribution < -0.4 is 4.90 Å². The van der Waals surface area contributed by atoms with Gasteiger partial charge in [-0.25, -0.2) is 0 Å². The number of nitrogens with zero attached hydrogens (tertiary/aromatic N) is 2. The van der Waals surface area contributed by atoms with E-state index >= 15 is 0 Å². The molecular weight excluding hydrogens is 560 g/mol. The molecule has 214 valence electrons. The number of hydrogen-bond acceptors (Lipinski definition) is 3. The van der Waals surface area contributed by atoms with E-state index in [0.717, 1.165) is 50.1 Å². The van der Waals surface area contributed by atoms with E-state index < -0.39 is 0 Å². The molecule has 0 N–H and O–H groups in total. The van der Waals surface area contributed by atoms with Crippen LogP contribution in [0.2, 0.25) is 0 Å². The number of rotatable bonds is 4. The highest BCUT2D eigenvalue weighted by atomic mass is 16.3. The van der Waals surface area contributed by atoms with E-state index in [9.17, 15) is 5.26 Å². The topological polar surface area (TPSA) is 40.2 Å². The Morgan fingerprint density at radius 3 is 1.61 bits per heavy atom. The minimum atomic E-state index is 0.656. The van der Waals surface area contributed by atoms with E-state index in [0.29, 0.717) is 5.56 Å². The van der Waals surface area contributed by atoms with Gasteiger partial charge in [0.2, 0.25) is 0 Å². The maximum atomic E-state index is 9.25. The summed E-state index contributed by atoms with van der Waals surface area (Å²) in [5.74, 6) is 0. The zero-order valence-corrected chi connectivity index (χ0v) is 24.8. The van der Waals surface area contributed by atoms with E-state index in [-0.39, 0.29) is 0 Å². The Hall–Kier alpha value is -6.37.